The third-order valence-electron chi connectivity index (χ3n) is 1.44. The maximum atomic E-state index is 10.4. The van der Waals surface area contributed by atoms with Gasteiger partial charge in [0.25, 0.3) is 6.09 Å². The van der Waals surface area contributed by atoms with Gasteiger partial charge in [-0.1, -0.05) is 6.92 Å². The number of hydrogen-bond acceptors (Lipinski definition) is 3. The minimum Gasteiger partial charge on any atom is -0.496 e. The highest BCUT2D eigenvalue weighted by atomic mass is 16.7. The van der Waals surface area contributed by atoms with Crippen LogP contribution in [0.4, 0.5) is 4.79 Å². The van der Waals surface area contributed by atoms with E-state index < -0.39 is 10.7 Å². The molecule has 1 unspecified atom stereocenters. The molecule has 0 aromatic rings. The Morgan fingerprint density at radius 3 is 2.30 bits per heavy atom. The van der Waals surface area contributed by atoms with E-state index in [-0.39, 0.29) is 0 Å². The van der Waals surface area contributed by atoms with Crippen LogP contribution in [-0.2, 0) is 4.84 Å². The monoisotopic (exact) mass is 147 g/mol. The molecule has 10 heavy (non-hydrogen) atoms. The van der Waals surface area contributed by atoms with Gasteiger partial charge in [0.05, 0.1) is 7.11 Å². The molecule has 0 aliphatic carbocycles. The van der Waals surface area contributed by atoms with E-state index in [1.54, 1.807) is 0 Å². The van der Waals surface area contributed by atoms with Crippen molar-refractivity contribution in [3.8, 4) is 0 Å². The lowest BCUT2D eigenvalue weighted by Gasteiger charge is -2.28. The number of quaternary nitrogens is 1. The average Bonchev–Trinajstić information content (AvgIpc) is 1.88. The second-order valence-corrected chi connectivity index (χ2v) is 2.27. The van der Waals surface area contributed by atoms with Crippen molar-refractivity contribution in [2.24, 2.45) is 0 Å². The molecule has 0 aliphatic rings. The van der Waals surface area contributed by atoms with Gasteiger partial charge in [-0.2, -0.15) is 4.84 Å². The first-order chi connectivity index (χ1) is 4.56. The van der Waals surface area contributed by atoms with Gasteiger partial charge in [0, 0.05) is 0 Å². The summed E-state index contributed by atoms with van der Waals surface area (Å²) in [6.07, 6.45) is -0.456. The van der Waals surface area contributed by atoms with Crippen LogP contribution in [0.25, 0.3) is 0 Å². The van der Waals surface area contributed by atoms with E-state index in [1.165, 1.54) is 14.2 Å². The Balaban J connectivity index is 4.08. The molecule has 0 saturated heterocycles. The number of hydroxylamine groups is 3. The van der Waals surface area contributed by atoms with Crippen LogP contribution in [0.3, 0.4) is 0 Å². The third kappa shape index (κ3) is 1.97. The van der Waals surface area contributed by atoms with Gasteiger partial charge in [0.2, 0.25) is 0 Å². The summed E-state index contributed by atoms with van der Waals surface area (Å²) in [5, 5.41) is 10.4. The Morgan fingerprint density at radius 2 is 2.20 bits per heavy atom. The van der Waals surface area contributed by atoms with E-state index in [9.17, 15) is 9.90 Å². The average molecular weight is 147 g/mol. The van der Waals surface area contributed by atoms with Crippen LogP contribution < -0.4 is 5.11 Å². The molecular formula is C6H13NO3. The molecule has 1 amide bonds. The molecule has 0 spiro atoms. The fraction of sp³-hybridized carbons (Fsp3) is 0.833. The molecule has 0 saturated carbocycles. The number of amides is 1. The smallest absolute Gasteiger partial charge is 0.291 e. The minimum absolute atomic E-state index is 0.429. The summed E-state index contributed by atoms with van der Waals surface area (Å²) in [5.41, 5.74) is 0. The first-order valence-electron chi connectivity index (χ1n) is 3.19. The van der Waals surface area contributed by atoms with Crippen molar-refractivity contribution in [3.05, 3.63) is 0 Å². The largest absolute Gasteiger partial charge is 0.496 e. The summed E-state index contributed by atoms with van der Waals surface area (Å²) in [6.45, 7) is 2.32. The predicted molar refractivity (Wildman–Crippen MR) is 33.7 cm³/mol. The zero-order chi connectivity index (χ0) is 8.20. The Kier molecular flexibility index (Phi) is 3.32. The molecule has 0 radical (unpaired) electrons. The Hall–Kier alpha value is -0.610. The van der Waals surface area contributed by atoms with Gasteiger partial charge >= 0.3 is 0 Å². The Labute approximate surface area is 60.6 Å². The molecule has 0 rings (SSSR count). The van der Waals surface area contributed by atoms with Gasteiger partial charge in [0.15, 0.2) is 0 Å². The number of carbonyl (C=O) groups is 1. The Morgan fingerprint density at radius 1 is 1.70 bits per heavy atom. The summed E-state index contributed by atoms with van der Waals surface area (Å²) < 4.78 is -0.476. The van der Waals surface area contributed by atoms with Crippen molar-refractivity contribution in [1.82, 2.24) is 0 Å². The van der Waals surface area contributed by atoms with Crippen molar-refractivity contribution in [3.63, 3.8) is 0 Å². The van der Waals surface area contributed by atoms with Crippen molar-refractivity contribution in [1.29, 1.82) is 0 Å². The first kappa shape index (κ1) is 9.39. The van der Waals surface area contributed by atoms with Gasteiger partial charge in [-0.15, -0.1) is 4.65 Å². The van der Waals surface area contributed by atoms with E-state index >= 15 is 0 Å². The first-order valence-corrected chi connectivity index (χ1v) is 3.19. The lowest BCUT2D eigenvalue weighted by molar-refractivity contribution is -1.04. The molecule has 0 aromatic heterocycles. The van der Waals surface area contributed by atoms with Crippen LogP contribution in [0.15, 0.2) is 0 Å². The minimum atomic E-state index is -1.20. The number of nitrogens with zero attached hydrogens (tertiary/aromatic N) is 1. The number of rotatable bonds is 3. The molecule has 4 heteroatoms. The van der Waals surface area contributed by atoms with Crippen molar-refractivity contribution >= 4 is 6.09 Å². The standard InChI is InChI=1S/C6H13NO3/c1-4-5-7(2,10-3)6(8)9/h4-5H2,1-3H3. The summed E-state index contributed by atoms with van der Waals surface area (Å²) in [7, 11) is 2.81. The van der Waals surface area contributed by atoms with Crippen LogP contribution in [0.5, 0.6) is 0 Å². The molecule has 0 N–H and O–H groups in total. The van der Waals surface area contributed by atoms with Gasteiger partial charge in [-0.25, -0.2) is 0 Å². The third-order valence-corrected chi connectivity index (χ3v) is 1.44. The van der Waals surface area contributed by atoms with Crippen LogP contribution in [0.2, 0.25) is 0 Å². The van der Waals surface area contributed by atoms with E-state index in [4.69, 9.17) is 4.84 Å². The quantitative estimate of drug-likeness (QED) is 0.408. The van der Waals surface area contributed by atoms with Crippen molar-refractivity contribution in [2.75, 3.05) is 20.7 Å². The Bertz CT molecular complexity index is 126. The highest BCUT2D eigenvalue weighted by molar-refractivity contribution is 5.52. The molecular weight excluding hydrogens is 134 g/mol. The normalized spacial score (nSPS) is 16.3. The molecule has 0 fully saturated rings. The molecule has 0 aliphatic heterocycles. The van der Waals surface area contributed by atoms with Crippen LogP contribution in [-0.4, -0.2) is 31.4 Å². The van der Waals surface area contributed by atoms with E-state index in [0.717, 1.165) is 6.42 Å². The lowest BCUT2D eigenvalue weighted by atomic mass is 10.4. The fourth-order valence-electron chi connectivity index (χ4n) is 0.684. The number of hydrogen-bond donors (Lipinski definition) is 0. The SMILES string of the molecule is CCC[N+](C)(OC)C(=O)[O-]. The maximum absolute atomic E-state index is 10.4. The van der Waals surface area contributed by atoms with Crippen molar-refractivity contribution in [2.45, 2.75) is 13.3 Å². The predicted octanol–water partition coefficient (Wildman–Crippen LogP) is -0.252. The van der Waals surface area contributed by atoms with Gasteiger partial charge in [-0.3, -0.25) is 0 Å². The number of carboxylic acid groups (broad SMARTS) is 1. The van der Waals surface area contributed by atoms with Gasteiger partial charge in [-0.05, 0) is 6.42 Å². The topological polar surface area (TPSA) is 49.4 Å². The maximum Gasteiger partial charge on any atom is 0.291 e. The molecule has 4 nitrogen and oxygen atoms in total. The van der Waals surface area contributed by atoms with E-state index in [1.807, 2.05) is 6.92 Å². The molecule has 0 aromatic carbocycles. The van der Waals surface area contributed by atoms with Crippen LogP contribution in [0.1, 0.15) is 13.3 Å². The molecule has 0 bridgehead atoms. The van der Waals surface area contributed by atoms with Crippen molar-refractivity contribution < 1.29 is 19.4 Å². The molecule has 1 atom stereocenters. The van der Waals surface area contributed by atoms with E-state index in [0.29, 0.717) is 6.54 Å². The number of carbonyl (C=O) groups excluding carboxylic acids is 1. The second kappa shape index (κ2) is 3.53. The zero-order valence-corrected chi connectivity index (χ0v) is 6.59. The van der Waals surface area contributed by atoms with Crippen LogP contribution in [0, 0.1) is 0 Å². The zero-order valence-electron chi connectivity index (χ0n) is 6.59. The fourth-order valence-corrected chi connectivity index (χ4v) is 0.684. The summed E-state index contributed by atoms with van der Waals surface area (Å²) in [5.74, 6) is 0. The van der Waals surface area contributed by atoms with Gasteiger partial charge < -0.3 is 9.90 Å². The highest BCUT2D eigenvalue weighted by Gasteiger charge is 2.23. The van der Waals surface area contributed by atoms with Gasteiger partial charge in [0.1, 0.15) is 13.6 Å². The summed E-state index contributed by atoms with van der Waals surface area (Å²) in [6, 6.07) is 0. The van der Waals surface area contributed by atoms with E-state index in [2.05, 4.69) is 0 Å². The lowest BCUT2D eigenvalue weighted by Crippen LogP contribution is -2.55. The summed E-state index contributed by atoms with van der Waals surface area (Å²) >= 11 is 0. The summed E-state index contributed by atoms with van der Waals surface area (Å²) in [4.78, 5) is 15.1. The second-order valence-electron chi connectivity index (χ2n) is 2.27. The molecule has 60 valence electrons. The highest BCUT2D eigenvalue weighted by Crippen LogP contribution is 2.02. The van der Waals surface area contributed by atoms with Crippen LogP contribution >= 0.6 is 0 Å². The molecule has 0 heterocycles.